The molecule has 0 fully saturated rings. The number of hydrogen-bond acceptors (Lipinski definition) is 2. The first-order chi connectivity index (χ1) is 5.81. The van der Waals surface area contributed by atoms with Crippen LogP contribution < -0.4 is 0 Å². The summed E-state index contributed by atoms with van der Waals surface area (Å²) in [6.07, 6.45) is 11.2. The van der Waals surface area contributed by atoms with Gasteiger partial charge in [0.25, 0.3) is 0 Å². The second-order valence-corrected chi connectivity index (χ2v) is 2.57. The molecule has 0 aromatic carbocycles. The maximum Gasteiger partial charge on any atom is -0.0324 e. The normalized spacial score (nSPS) is 12.8. The van der Waals surface area contributed by atoms with Crippen molar-refractivity contribution in [2.45, 2.75) is 0 Å². The molecule has 0 aromatic rings. The van der Waals surface area contributed by atoms with Gasteiger partial charge in [0.1, 0.15) is 0 Å². The van der Waals surface area contributed by atoms with Crippen LogP contribution in [-0.4, -0.2) is 0 Å². The van der Waals surface area contributed by atoms with E-state index in [1.807, 2.05) is 36.5 Å². The predicted octanol–water partition coefficient (Wildman–Crippen LogP) is 3.54. The molecule has 0 nitrogen and oxygen atoms in total. The molecule has 0 N–H and O–H groups in total. The summed E-state index contributed by atoms with van der Waals surface area (Å²) in [6.45, 7) is 3.81. The Morgan fingerprint density at radius 1 is 0.833 bits per heavy atom. The molecule has 0 heterocycles. The van der Waals surface area contributed by atoms with Crippen molar-refractivity contribution in [3.8, 4) is 0 Å². The molecule has 0 bridgehead atoms. The number of rotatable bonds is 4. The first-order valence-electron chi connectivity index (χ1n) is 3.45. The summed E-state index contributed by atoms with van der Waals surface area (Å²) in [4.78, 5) is 0. The van der Waals surface area contributed by atoms with Crippen molar-refractivity contribution in [2.24, 2.45) is 0 Å². The standard InChI is InChI=1S/C10H12S2/c1-10(6-2-4-8-11)7-3-5-9-12/h2-9,11-12H,1H2/b6-2+,7-3+,8-4+,9-5+. The van der Waals surface area contributed by atoms with E-state index in [9.17, 15) is 0 Å². The van der Waals surface area contributed by atoms with E-state index in [2.05, 4.69) is 31.8 Å². The van der Waals surface area contributed by atoms with Gasteiger partial charge in [0.2, 0.25) is 0 Å². The molecule has 0 radical (unpaired) electrons. The van der Waals surface area contributed by atoms with Gasteiger partial charge in [-0.1, -0.05) is 43.0 Å². The van der Waals surface area contributed by atoms with Crippen LogP contribution in [0, 0.1) is 0 Å². The summed E-state index contributed by atoms with van der Waals surface area (Å²) in [6, 6.07) is 0. The molecule has 12 heavy (non-hydrogen) atoms. The van der Waals surface area contributed by atoms with Gasteiger partial charge in [-0.3, -0.25) is 0 Å². The largest absolute Gasteiger partial charge is 0.151 e. The average molecular weight is 196 g/mol. The molecular formula is C10H12S2. The minimum Gasteiger partial charge on any atom is -0.151 e. The van der Waals surface area contributed by atoms with Crippen molar-refractivity contribution in [3.63, 3.8) is 0 Å². The lowest BCUT2D eigenvalue weighted by molar-refractivity contribution is 1.73. The SMILES string of the molecule is C=C(/C=C/C=C/S)/C=C/C=C/S. The minimum absolute atomic E-state index is 0.938. The molecule has 0 aliphatic heterocycles. The molecule has 0 saturated carbocycles. The molecule has 2 heteroatoms. The number of hydrogen-bond donors (Lipinski definition) is 2. The van der Waals surface area contributed by atoms with Gasteiger partial charge in [0.15, 0.2) is 0 Å². The van der Waals surface area contributed by atoms with Crippen molar-refractivity contribution < 1.29 is 0 Å². The first-order valence-corrected chi connectivity index (χ1v) is 4.48. The van der Waals surface area contributed by atoms with Crippen LogP contribution in [0.3, 0.4) is 0 Å². The average Bonchev–Trinajstić information content (AvgIpc) is 2.06. The minimum atomic E-state index is 0.938. The quantitative estimate of drug-likeness (QED) is 0.498. The number of thiol groups is 2. The third-order valence-corrected chi connectivity index (χ3v) is 1.36. The van der Waals surface area contributed by atoms with Gasteiger partial charge in [0.05, 0.1) is 0 Å². The van der Waals surface area contributed by atoms with E-state index >= 15 is 0 Å². The highest BCUT2D eigenvalue weighted by atomic mass is 32.1. The molecule has 0 rings (SSSR count). The summed E-state index contributed by atoms with van der Waals surface area (Å²) in [5.41, 5.74) is 0.938. The zero-order chi connectivity index (χ0) is 9.23. The van der Waals surface area contributed by atoms with Gasteiger partial charge in [0, 0.05) is 0 Å². The van der Waals surface area contributed by atoms with Crippen molar-refractivity contribution in [1.29, 1.82) is 0 Å². The Bertz CT molecular complexity index is 208. The van der Waals surface area contributed by atoms with Crippen LogP contribution in [0.1, 0.15) is 0 Å². The first kappa shape index (κ1) is 11.4. The molecule has 0 spiro atoms. The summed E-state index contributed by atoms with van der Waals surface area (Å²) >= 11 is 7.82. The Kier molecular flexibility index (Phi) is 8.07. The molecular weight excluding hydrogens is 184 g/mol. The number of allylic oxidation sites excluding steroid dienone is 7. The smallest absolute Gasteiger partial charge is 0.0324 e. The van der Waals surface area contributed by atoms with E-state index < -0.39 is 0 Å². The van der Waals surface area contributed by atoms with E-state index in [1.165, 1.54) is 0 Å². The zero-order valence-electron chi connectivity index (χ0n) is 6.72. The van der Waals surface area contributed by atoms with Crippen molar-refractivity contribution in [2.75, 3.05) is 0 Å². The summed E-state index contributed by atoms with van der Waals surface area (Å²) in [7, 11) is 0. The van der Waals surface area contributed by atoms with Crippen LogP contribution in [0.5, 0.6) is 0 Å². The van der Waals surface area contributed by atoms with Crippen LogP contribution >= 0.6 is 25.3 Å². The maximum atomic E-state index is 3.91. The van der Waals surface area contributed by atoms with E-state index in [1.54, 1.807) is 10.8 Å². The Balaban J connectivity index is 3.89. The van der Waals surface area contributed by atoms with Crippen molar-refractivity contribution in [1.82, 2.24) is 0 Å². The van der Waals surface area contributed by atoms with Gasteiger partial charge in [-0.25, -0.2) is 0 Å². The van der Waals surface area contributed by atoms with Gasteiger partial charge in [-0.05, 0) is 16.4 Å². The van der Waals surface area contributed by atoms with Gasteiger partial charge >= 0.3 is 0 Å². The molecule has 64 valence electrons. The summed E-state index contributed by atoms with van der Waals surface area (Å²) in [5, 5.41) is 3.34. The van der Waals surface area contributed by atoms with Crippen LogP contribution in [-0.2, 0) is 0 Å². The van der Waals surface area contributed by atoms with Gasteiger partial charge < -0.3 is 0 Å². The summed E-state index contributed by atoms with van der Waals surface area (Å²) in [5.74, 6) is 0. The fraction of sp³-hybridized carbons (Fsp3) is 0. The third-order valence-electron chi connectivity index (χ3n) is 1.01. The van der Waals surface area contributed by atoms with Crippen LogP contribution in [0.25, 0.3) is 0 Å². The molecule has 0 atom stereocenters. The highest BCUT2D eigenvalue weighted by Crippen LogP contribution is 1.96. The van der Waals surface area contributed by atoms with Crippen LogP contribution in [0.4, 0.5) is 0 Å². The lowest BCUT2D eigenvalue weighted by atomic mass is 10.2. The molecule has 0 aliphatic rings. The van der Waals surface area contributed by atoms with Gasteiger partial charge in [-0.15, -0.1) is 0 Å². The van der Waals surface area contributed by atoms with E-state index in [4.69, 9.17) is 0 Å². The highest BCUT2D eigenvalue weighted by Gasteiger charge is 1.75. The van der Waals surface area contributed by atoms with Gasteiger partial charge in [-0.2, -0.15) is 25.3 Å². The van der Waals surface area contributed by atoms with Crippen molar-refractivity contribution in [3.05, 3.63) is 59.4 Å². The molecule has 0 aliphatic carbocycles. The molecule has 0 aromatic heterocycles. The fourth-order valence-electron chi connectivity index (χ4n) is 0.513. The second-order valence-electron chi connectivity index (χ2n) is 1.98. The Morgan fingerprint density at radius 3 is 1.58 bits per heavy atom. The third kappa shape index (κ3) is 7.51. The van der Waals surface area contributed by atoms with E-state index in [0.717, 1.165) is 5.57 Å². The summed E-state index contributed by atoms with van der Waals surface area (Å²) < 4.78 is 0. The van der Waals surface area contributed by atoms with E-state index in [0.29, 0.717) is 0 Å². The lowest BCUT2D eigenvalue weighted by Crippen LogP contribution is -1.63. The Morgan fingerprint density at radius 2 is 1.25 bits per heavy atom. The Labute approximate surface area is 84.9 Å². The molecule has 0 saturated heterocycles. The highest BCUT2D eigenvalue weighted by molar-refractivity contribution is 7.83. The topological polar surface area (TPSA) is 0 Å². The van der Waals surface area contributed by atoms with Crippen LogP contribution in [0.2, 0.25) is 0 Å². The molecule has 0 amide bonds. The maximum absolute atomic E-state index is 3.91. The predicted molar refractivity (Wildman–Crippen MR) is 63.7 cm³/mol. The van der Waals surface area contributed by atoms with E-state index in [-0.39, 0.29) is 0 Å². The second kappa shape index (κ2) is 8.50. The Hall–Kier alpha value is -0.600. The molecule has 0 unspecified atom stereocenters. The van der Waals surface area contributed by atoms with Crippen molar-refractivity contribution >= 4 is 25.3 Å². The fourth-order valence-corrected chi connectivity index (χ4v) is 0.712. The lowest BCUT2D eigenvalue weighted by Gasteiger charge is -1.84. The zero-order valence-corrected chi connectivity index (χ0v) is 8.51. The monoisotopic (exact) mass is 196 g/mol. The van der Waals surface area contributed by atoms with Crippen LogP contribution in [0.15, 0.2) is 59.4 Å².